The van der Waals surface area contributed by atoms with Crippen LogP contribution in [0.3, 0.4) is 0 Å². The molecule has 3 atom stereocenters. The van der Waals surface area contributed by atoms with Gasteiger partial charge in [0.15, 0.2) is 0 Å². The van der Waals surface area contributed by atoms with E-state index in [2.05, 4.69) is 17.4 Å². The smallest absolute Gasteiger partial charge is 0.118 e. The maximum atomic E-state index is 9.70. The quantitative estimate of drug-likeness (QED) is 0.813. The average molecular weight is 221 g/mol. The van der Waals surface area contributed by atoms with Gasteiger partial charge in [-0.1, -0.05) is 12.1 Å². The Bertz CT molecular complexity index is 334. The van der Waals surface area contributed by atoms with Crippen molar-refractivity contribution >= 4 is 0 Å². The number of nitrogens with one attached hydrogen (secondary N) is 1. The van der Waals surface area contributed by atoms with Gasteiger partial charge < -0.3 is 15.2 Å². The minimum absolute atomic E-state index is 0.174. The minimum atomic E-state index is -0.311. The van der Waals surface area contributed by atoms with E-state index in [1.54, 1.807) is 7.11 Å². The van der Waals surface area contributed by atoms with E-state index in [9.17, 15) is 5.11 Å². The van der Waals surface area contributed by atoms with E-state index < -0.39 is 0 Å². The molecule has 1 aromatic rings. The molecule has 1 aromatic carbocycles. The highest BCUT2D eigenvalue weighted by atomic mass is 16.5. The van der Waals surface area contributed by atoms with E-state index in [0.717, 1.165) is 18.7 Å². The van der Waals surface area contributed by atoms with E-state index >= 15 is 0 Å². The zero-order valence-corrected chi connectivity index (χ0v) is 9.81. The number of hydrogen-bond donors (Lipinski definition) is 2. The summed E-state index contributed by atoms with van der Waals surface area (Å²) in [5.41, 5.74) is 1.27. The molecule has 0 aromatic heterocycles. The highest BCUT2D eigenvalue weighted by Gasteiger charge is 2.31. The van der Waals surface area contributed by atoms with Crippen LogP contribution in [0, 0.1) is 0 Å². The SMILES string of the molecule is COc1ccc([C@H]2CCN[C@@H]2[C@@H](C)O)cc1. The maximum Gasteiger partial charge on any atom is 0.118 e. The van der Waals surface area contributed by atoms with Crippen LogP contribution in [0.2, 0.25) is 0 Å². The van der Waals surface area contributed by atoms with Gasteiger partial charge in [0.05, 0.1) is 13.2 Å². The lowest BCUT2D eigenvalue weighted by Gasteiger charge is -2.22. The van der Waals surface area contributed by atoms with Crippen LogP contribution in [0.25, 0.3) is 0 Å². The minimum Gasteiger partial charge on any atom is -0.497 e. The van der Waals surface area contributed by atoms with Crippen molar-refractivity contribution in [2.75, 3.05) is 13.7 Å². The van der Waals surface area contributed by atoms with Crippen LogP contribution < -0.4 is 10.1 Å². The van der Waals surface area contributed by atoms with Crippen molar-refractivity contribution in [3.05, 3.63) is 29.8 Å². The van der Waals surface area contributed by atoms with Crippen molar-refractivity contribution < 1.29 is 9.84 Å². The molecule has 0 aliphatic carbocycles. The number of aliphatic hydroxyl groups is 1. The molecule has 3 nitrogen and oxygen atoms in total. The monoisotopic (exact) mass is 221 g/mol. The van der Waals surface area contributed by atoms with Gasteiger partial charge in [0.1, 0.15) is 5.75 Å². The third-order valence-electron chi connectivity index (χ3n) is 3.33. The lowest BCUT2D eigenvalue weighted by Crippen LogP contribution is -2.36. The highest BCUT2D eigenvalue weighted by Crippen LogP contribution is 2.30. The van der Waals surface area contributed by atoms with Crippen molar-refractivity contribution in [2.45, 2.75) is 31.4 Å². The van der Waals surface area contributed by atoms with Gasteiger partial charge in [0.2, 0.25) is 0 Å². The van der Waals surface area contributed by atoms with E-state index in [1.807, 2.05) is 19.1 Å². The second-order valence-corrected chi connectivity index (χ2v) is 4.39. The Balaban J connectivity index is 2.16. The topological polar surface area (TPSA) is 41.5 Å². The Morgan fingerprint density at radius 3 is 2.62 bits per heavy atom. The van der Waals surface area contributed by atoms with Gasteiger partial charge in [0.25, 0.3) is 0 Å². The summed E-state index contributed by atoms with van der Waals surface area (Å²) in [4.78, 5) is 0. The van der Waals surface area contributed by atoms with Crippen molar-refractivity contribution in [1.29, 1.82) is 0 Å². The van der Waals surface area contributed by atoms with Crippen LogP contribution in [-0.2, 0) is 0 Å². The number of ether oxygens (including phenoxy) is 1. The zero-order chi connectivity index (χ0) is 11.5. The zero-order valence-electron chi connectivity index (χ0n) is 9.81. The van der Waals surface area contributed by atoms with Gasteiger partial charge in [-0.25, -0.2) is 0 Å². The molecule has 0 spiro atoms. The van der Waals surface area contributed by atoms with Gasteiger partial charge in [-0.2, -0.15) is 0 Å². The fraction of sp³-hybridized carbons (Fsp3) is 0.538. The normalized spacial score (nSPS) is 26.7. The molecule has 1 saturated heterocycles. The molecule has 3 heteroatoms. The summed E-state index contributed by atoms with van der Waals surface area (Å²) in [6.45, 7) is 2.83. The molecular formula is C13H19NO2. The fourth-order valence-electron chi connectivity index (χ4n) is 2.46. The molecule has 16 heavy (non-hydrogen) atoms. The van der Waals surface area contributed by atoms with Crippen molar-refractivity contribution in [1.82, 2.24) is 5.32 Å². The number of rotatable bonds is 3. The number of aliphatic hydroxyl groups excluding tert-OH is 1. The Morgan fingerprint density at radius 1 is 1.38 bits per heavy atom. The van der Waals surface area contributed by atoms with Gasteiger partial charge in [-0.05, 0) is 37.6 Å². The Kier molecular flexibility index (Phi) is 3.46. The molecular weight excluding hydrogens is 202 g/mol. The lowest BCUT2D eigenvalue weighted by molar-refractivity contribution is 0.147. The summed E-state index contributed by atoms with van der Waals surface area (Å²) in [5.74, 6) is 1.29. The van der Waals surface area contributed by atoms with Gasteiger partial charge in [-0.15, -0.1) is 0 Å². The summed E-state index contributed by atoms with van der Waals surface area (Å²) < 4.78 is 5.14. The van der Waals surface area contributed by atoms with E-state index in [1.165, 1.54) is 5.56 Å². The Labute approximate surface area is 96.4 Å². The van der Waals surface area contributed by atoms with Crippen LogP contribution in [0.15, 0.2) is 24.3 Å². The summed E-state index contributed by atoms with van der Waals surface area (Å²) in [6, 6.07) is 8.31. The predicted octanol–water partition coefficient (Wildman–Crippen LogP) is 1.52. The van der Waals surface area contributed by atoms with Crippen molar-refractivity contribution in [3.8, 4) is 5.75 Å². The first-order valence-corrected chi connectivity index (χ1v) is 5.78. The number of benzene rings is 1. The predicted molar refractivity (Wildman–Crippen MR) is 63.8 cm³/mol. The van der Waals surface area contributed by atoms with E-state index in [0.29, 0.717) is 5.92 Å². The standard InChI is InChI=1S/C13H19NO2/c1-9(15)13-12(7-8-14-13)10-3-5-11(16-2)6-4-10/h3-6,9,12-15H,7-8H2,1-2H3/t9-,12-,13-/m1/s1. The maximum absolute atomic E-state index is 9.70. The first-order valence-electron chi connectivity index (χ1n) is 5.78. The van der Waals surface area contributed by atoms with Crippen molar-refractivity contribution in [3.63, 3.8) is 0 Å². The van der Waals surface area contributed by atoms with Gasteiger partial charge >= 0.3 is 0 Å². The van der Waals surface area contributed by atoms with Crippen LogP contribution >= 0.6 is 0 Å². The van der Waals surface area contributed by atoms with Gasteiger partial charge in [0, 0.05) is 12.0 Å². The van der Waals surface area contributed by atoms with Crippen LogP contribution in [-0.4, -0.2) is 30.9 Å². The van der Waals surface area contributed by atoms with Crippen LogP contribution in [0.1, 0.15) is 24.8 Å². The molecule has 88 valence electrons. The highest BCUT2D eigenvalue weighted by molar-refractivity contribution is 5.31. The molecule has 0 unspecified atom stereocenters. The largest absolute Gasteiger partial charge is 0.497 e. The molecule has 0 amide bonds. The summed E-state index contributed by atoms with van der Waals surface area (Å²) >= 11 is 0. The lowest BCUT2D eigenvalue weighted by atomic mass is 9.89. The molecule has 2 N–H and O–H groups in total. The second kappa shape index (κ2) is 4.85. The molecule has 1 aliphatic heterocycles. The molecule has 1 aliphatic rings. The summed E-state index contributed by atoms with van der Waals surface area (Å²) in [7, 11) is 1.67. The average Bonchev–Trinajstić information content (AvgIpc) is 2.78. The Morgan fingerprint density at radius 2 is 2.06 bits per heavy atom. The number of hydrogen-bond acceptors (Lipinski definition) is 3. The first-order chi connectivity index (χ1) is 7.72. The third-order valence-corrected chi connectivity index (χ3v) is 3.33. The molecule has 2 rings (SSSR count). The van der Waals surface area contributed by atoms with Gasteiger partial charge in [-0.3, -0.25) is 0 Å². The first kappa shape index (κ1) is 11.4. The summed E-state index contributed by atoms with van der Waals surface area (Å²) in [5, 5.41) is 13.0. The van der Waals surface area contributed by atoms with Crippen molar-refractivity contribution in [2.24, 2.45) is 0 Å². The third kappa shape index (κ3) is 2.20. The number of methoxy groups -OCH3 is 1. The molecule has 0 bridgehead atoms. The van der Waals surface area contributed by atoms with E-state index in [-0.39, 0.29) is 12.1 Å². The van der Waals surface area contributed by atoms with Crippen LogP contribution in [0.4, 0.5) is 0 Å². The molecule has 1 fully saturated rings. The molecule has 0 radical (unpaired) electrons. The Hall–Kier alpha value is -1.06. The molecule has 1 heterocycles. The molecule has 0 saturated carbocycles. The summed E-state index contributed by atoms with van der Waals surface area (Å²) in [6.07, 6.45) is 0.775. The van der Waals surface area contributed by atoms with Crippen LogP contribution in [0.5, 0.6) is 5.75 Å². The van der Waals surface area contributed by atoms with E-state index in [4.69, 9.17) is 4.74 Å². The fourth-order valence-corrected chi connectivity index (χ4v) is 2.46. The second-order valence-electron chi connectivity index (χ2n) is 4.39.